The fourth-order valence-corrected chi connectivity index (χ4v) is 10.5. The molecule has 3 heterocycles. The minimum atomic E-state index is 0.611. The van der Waals surface area contributed by atoms with Crippen LogP contribution in [-0.2, 0) is 0 Å². The van der Waals surface area contributed by atoms with Crippen LogP contribution in [-0.4, -0.2) is 24.1 Å². The summed E-state index contributed by atoms with van der Waals surface area (Å²) in [4.78, 5) is 16.1. The molecule has 0 saturated heterocycles. The first-order valence-electron chi connectivity index (χ1n) is 22.4. The minimum absolute atomic E-state index is 0.611. The number of para-hydroxylation sites is 3. The van der Waals surface area contributed by atoms with Crippen LogP contribution < -0.4 is 0 Å². The number of nitrogens with zero attached hydrogens (tertiary/aromatic N) is 5. The van der Waals surface area contributed by atoms with Crippen molar-refractivity contribution in [1.82, 2.24) is 24.1 Å². The van der Waals surface area contributed by atoms with E-state index in [9.17, 15) is 0 Å². The SMILES string of the molecule is c1ccc(-c2nc(-c3cc4ccccc4cc3-n3c4ccccc4c4cc5cc(-n6c7ccccc7c7ccccc76)ccc5cc43)nc(-c3cc4ccccc4c4ccccc34)n2)cc1. The lowest BCUT2D eigenvalue weighted by molar-refractivity contribution is 1.07. The molecule has 306 valence electrons. The van der Waals surface area contributed by atoms with E-state index in [1.54, 1.807) is 0 Å². The van der Waals surface area contributed by atoms with Gasteiger partial charge in [-0.2, -0.15) is 0 Å². The van der Waals surface area contributed by atoms with Gasteiger partial charge in [0.15, 0.2) is 17.5 Å². The van der Waals surface area contributed by atoms with Crippen molar-refractivity contribution >= 4 is 86.7 Å². The summed E-state index contributed by atoms with van der Waals surface area (Å²) in [6.07, 6.45) is 0. The second-order valence-electron chi connectivity index (χ2n) is 17.2. The van der Waals surface area contributed by atoms with Crippen LogP contribution in [0.1, 0.15) is 0 Å². The van der Waals surface area contributed by atoms with Crippen LogP contribution in [0.15, 0.2) is 224 Å². The number of aromatic nitrogens is 5. The van der Waals surface area contributed by atoms with E-state index in [1.807, 2.05) is 18.2 Å². The van der Waals surface area contributed by atoms with Crippen molar-refractivity contribution in [3.63, 3.8) is 0 Å². The molecule has 0 unspecified atom stereocenters. The first-order chi connectivity index (χ1) is 32.7. The van der Waals surface area contributed by atoms with E-state index in [1.165, 1.54) is 48.7 Å². The molecule has 14 aromatic rings. The van der Waals surface area contributed by atoms with Crippen molar-refractivity contribution in [2.75, 3.05) is 0 Å². The summed E-state index contributed by atoms with van der Waals surface area (Å²) in [7, 11) is 0. The van der Waals surface area contributed by atoms with E-state index >= 15 is 0 Å². The Hall–Kier alpha value is -8.93. The van der Waals surface area contributed by atoms with Crippen molar-refractivity contribution in [2.45, 2.75) is 0 Å². The van der Waals surface area contributed by atoms with Crippen LogP contribution in [0.4, 0.5) is 0 Å². The first-order valence-corrected chi connectivity index (χ1v) is 22.4. The largest absolute Gasteiger partial charge is 0.309 e. The fraction of sp³-hybridized carbons (Fsp3) is 0. The molecule has 3 aromatic heterocycles. The molecule has 11 aromatic carbocycles. The van der Waals surface area contributed by atoms with Gasteiger partial charge in [-0.15, -0.1) is 0 Å². The monoisotopic (exact) mass is 839 g/mol. The van der Waals surface area contributed by atoms with Crippen molar-refractivity contribution < 1.29 is 0 Å². The third kappa shape index (κ3) is 5.57. The Morgan fingerprint density at radius 1 is 0.258 bits per heavy atom. The van der Waals surface area contributed by atoms with Crippen LogP contribution in [0.5, 0.6) is 0 Å². The lowest BCUT2D eigenvalue weighted by atomic mass is 9.96. The predicted octanol–water partition coefficient (Wildman–Crippen LogP) is 15.7. The molecule has 5 nitrogen and oxygen atoms in total. The third-order valence-electron chi connectivity index (χ3n) is 13.5. The lowest BCUT2D eigenvalue weighted by Gasteiger charge is -2.17. The number of fused-ring (bicyclic) bond motifs is 11. The summed E-state index contributed by atoms with van der Waals surface area (Å²) in [5, 5.41) is 14.1. The van der Waals surface area contributed by atoms with Crippen LogP contribution >= 0.6 is 0 Å². The van der Waals surface area contributed by atoms with Crippen molar-refractivity contribution in [1.29, 1.82) is 0 Å². The fourth-order valence-electron chi connectivity index (χ4n) is 10.5. The summed E-state index contributed by atoms with van der Waals surface area (Å²) >= 11 is 0. The highest BCUT2D eigenvalue weighted by atomic mass is 15.1. The van der Waals surface area contributed by atoms with Gasteiger partial charge in [0.1, 0.15) is 0 Å². The Kier molecular flexibility index (Phi) is 7.91. The van der Waals surface area contributed by atoms with Gasteiger partial charge in [-0.25, -0.2) is 15.0 Å². The third-order valence-corrected chi connectivity index (χ3v) is 13.5. The van der Waals surface area contributed by atoms with Gasteiger partial charge in [-0.3, -0.25) is 0 Å². The van der Waals surface area contributed by atoms with Gasteiger partial charge >= 0.3 is 0 Å². The van der Waals surface area contributed by atoms with Gasteiger partial charge in [0, 0.05) is 43.9 Å². The van der Waals surface area contributed by atoms with Crippen molar-refractivity contribution in [2.24, 2.45) is 0 Å². The number of rotatable bonds is 5. The number of hydrogen-bond acceptors (Lipinski definition) is 3. The van der Waals surface area contributed by atoms with E-state index in [0.717, 1.165) is 66.0 Å². The van der Waals surface area contributed by atoms with Gasteiger partial charge in [0.25, 0.3) is 0 Å². The molecule has 0 radical (unpaired) electrons. The molecule has 0 N–H and O–H groups in total. The van der Waals surface area contributed by atoms with Crippen LogP contribution in [0.25, 0.3) is 132 Å². The summed E-state index contributed by atoms with van der Waals surface area (Å²) in [6, 6.07) is 80.5. The van der Waals surface area contributed by atoms with Crippen LogP contribution in [0.3, 0.4) is 0 Å². The lowest BCUT2D eigenvalue weighted by Crippen LogP contribution is -2.04. The first kappa shape index (κ1) is 36.5. The molecule has 0 fully saturated rings. The Morgan fingerprint density at radius 2 is 0.758 bits per heavy atom. The molecule has 0 aliphatic carbocycles. The predicted molar refractivity (Wildman–Crippen MR) is 275 cm³/mol. The summed E-state index contributed by atoms with van der Waals surface area (Å²) in [5.41, 5.74) is 9.58. The molecule has 66 heavy (non-hydrogen) atoms. The summed E-state index contributed by atoms with van der Waals surface area (Å²) in [6.45, 7) is 0. The highest BCUT2D eigenvalue weighted by Gasteiger charge is 2.22. The Labute approximate surface area is 379 Å². The van der Waals surface area contributed by atoms with Gasteiger partial charge in [-0.05, 0) is 104 Å². The zero-order valence-corrected chi connectivity index (χ0v) is 35.6. The molecule has 0 saturated carbocycles. The average molecular weight is 840 g/mol. The van der Waals surface area contributed by atoms with E-state index in [2.05, 4.69) is 215 Å². The van der Waals surface area contributed by atoms with Gasteiger partial charge < -0.3 is 9.13 Å². The molecular formula is C61H37N5. The maximum Gasteiger partial charge on any atom is 0.166 e. The van der Waals surface area contributed by atoms with Gasteiger partial charge in [-0.1, -0.05) is 164 Å². The zero-order chi connectivity index (χ0) is 43.3. The Bertz CT molecular complexity index is 4240. The molecule has 0 atom stereocenters. The second-order valence-corrected chi connectivity index (χ2v) is 17.2. The molecule has 0 aliphatic heterocycles. The topological polar surface area (TPSA) is 48.5 Å². The molecule has 0 amide bonds. The molecular weight excluding hydrogens is 803 g/mol. The Balaban J connectivity index is 1.03. The molecule has 14 rings (SSSR count). The van der Waals surface area contributed by atoms with E-state index in [4.69, 9.17) is 15.0 Å². The standard InChI is InChI=1S/C61H37N5/c1-2-16-38(17-3-1)59-62-60(52-34-42-20-6-7-21-45(42)46-22-8-9-23-47(46)52)64-61(63-59)53-33-39-18-4-5-19-40(39)36-58(53)66-56-29-15-12-26-50(56)51-35-43-32-44(31-30-41(43)37-57(51)66)65-54-27-13-10-24-48(54)49-25-11-14-28-55(49)65/h1-37H. The van der Waals surface area contributed by atoms with Gasteiger partial charge in [0.05, 0.1) is 27.8 Å². The van der Waals surface area contributed by atoms with Crippen molar-refractivity contribution in [3.8, 4) is 45.5 Å². The summed E-state index contributed by atoms with van der Waals surface area (Å²) in [5.74, 6) is 1.87. The van der Waals surface area contributed by atoms with Crippen LogP contribution in [0, 0.1) is 0 Å². The maximum absolute atomic E-state index is 5.48. The van der Waals surface area contributed by atoms with E-state index in [0.29, 0.717) is 17.5 Å². The number of benzene rings is 11. The summed E-state index contributed by atoms with van der Waals surface area (Å²) < 4.78 is 4.82. The highest BCUT2D eigenvalue weighted by Crippen LogP contribution is 2.42. The van der Waals surface area contributed by atoms with Crippen LogP contribution in [0.2, 0.25) is 0 Å². The zero-order valence-electron chi connectivity index (χ0n) is 35.6. The normalized spacial score (nSPS) is 11.9. The minimum Gasteiger partial charge on any atom is -0.309 e. The van der Waals surface area contributed by atoms with E-state index in [-0.39, 0.29) is 0 Å². The molecule has 5 heteroatoms. The number of hydrogen-bond donors (Lipinski definition) is 0. The van der Waals surface area contributed by atoms with Crippen molar-refractivity contribution in [3.05, 3.63) is 224 Å². The quantitative estimate of drug-likeness (QED) is 0.162. The smallest absolute Gasteiger partial charge is 0.166 e. The van der Waals surface area contributed by atoms with E-state index < -0.39 is 0 Å². The molecule has 0 aliphatic rings. The second kappa shape index (κ2) is 14.3. The van der Waals surface area contributed by atoms with Gasteiger partial charge in [0.2, 0.25) is 0 Å². The Morgan fingerprint density at radius 3 is 1.47 bits per heavy atom. The molecule has 0 bridgehead atoms. The average Bonchev–Trinajstić information content (AvgIpc) is 3.89. The maximum atomic E-state index is 5.48. The molecule has 0 spiro atoms. The highest BCUT2D eigenvalue weighted by molar-refractivity contribution is 6.16.